The van der Waals surface area contributed by atoms with Crippen LogP contribution in [0, 0.1) is 12.4 Å². The van der Waals surface area contributed by atoms with Crippen molar-refractivity contribution in [2.75, 3.05) is 11.1 Å². The van der Waals surface area contributed by atoms with Crippen molar-refractivity contribution in [1.82, 2.24) is 18.9 Å². The van der Waals surface area contributed by atoms with Crippen molar-refractivity contribution in [1.29, 1.82) is 0 Å². The summed E-state index contributed by atoms with van der Waals surface area (Å²) in [5.41, 5.74) is 6.66. The molecule has 0 aliphatic rings. The van der Waals surface area contributed by atoms with E-state index in [0.717, 1.165) is 0 Å². The fourth-order valence-electron chi connectivity index (χ4n) is 3.45. The van der Waals surface area contributed by atoms with Gasteiger partial charge in [0, 0.05) is 12.4 Å². The van der Waals surface area contributed by atoms with Crippen molar-refractivity contribution in [3.63, 3.8) is 0 Å². The zero-order valence-corrected chi connectivity index (χ0v) is 17.1. The summed E-state index contributed by atoms with van der Waals surface area (Å²) in [5.74, 6) is -0.174. The second kappa shape index (κ2) is 8.08. The molecule has 0 radical (unpaired) electrons. The largest absolute Gasteiger partial charge is 0.392 e. The van der Waals surface area contributed by atoms with Gasteiger partial charge in [0.2, 0.25) is 0 Å². The second-order valence-corrected chi connectivity index (χ2v) is 7.17. The Morgan fingerprint density at radius 1 is 1.35 bits per heavy atom. The predicted molar refractivity (Wildman–Crippen MR) is 117 cm³/mol. The Morgan fingerprint density at radius 2 is 2.16 bits per heavy atom. The predicted octanol–water partition coefficient (Wildman–Crippen LogP) is 4.37. The summed E-state index contributed by atoms with van der Waals surface area (Å²) in [6.07, 6.45) is 5.21. The zero-order valence-electron chi connectivity index (χ0n) is 16.4. The van der Waals surface area contributed by atoms with E-state index in [1.54, 1.807) is 28.9 Å². The SMILES string of the molecule is [C-]#[N+]c1c(N)ncnc1NC(CC)c1cn2ccc(Cl)c2c(=O)n1-c1cccc(F)c1. The molecule has 0 saturated carbocycles. The van der Waals surface area contributed by atoms with E-state index in [2.05, 4.69) is 20.1 Å². The van der Waals surface area contributed by atoms with Crippen LogP contribution in [0.15, 0.2) is 53.8 Å². The van der Waals surface area contributed by atoms with Crippen molar-refractivity contribution in [3.8, 4) is 5.69 Å². The lowest BCUT2D eigenvalue weighted by Crippen LogP contribution is -2.28. The fraction of sp³-hybridized carbons (Fsp3) is 0.143. The summed E-state index contributed by atoms with van der Waals surface area (Å²) in [6, 6.07) is 6.91. The van der Waals surface area contributed by atoms with Gasteiger partial charge in [-0.3, -0.25) is 9.36 Å². The molecule has 31 heavy (non-hydrogen) atoms. The van der Waals surface area contributed by atoms with Crippen LogP contribution >= 0.6 is 11.6 Å². The number of benzene rings is 1. The summed E-state index contributed by atoms with van der Waals surface area (Å²) in [7, 11) is 0. The van der Waals surface area contributed by atoms with Gasteiger partial charge in [0.15, 0.2) is 0 Å². The van der Waals surface area contributed by atoms with Gasteiger partial charge in [-0.2, -0.15) is 0 Å². The highest BCUT2D eigenvalue weighted by atomic mass is 35.5. The molecule has 8 nitrogen and oxygen atoms in total. The Hall–Kier alpha value is -3.90. The van der Waals surface area contributed by atoms with Gasteiger partial charge in [-0.1, -0.05) is 24.6 Å². The quantitative estimate of drug-likeness (QED) is 0.452. The summed E-state index contributed by atoms with van der Waals surface area (Å²) >= 11 is 6.23. The number of hydrogen-bond acceptors (Lipinski definition) is 5. The van der Waals surface area contributed by atoms with Crippen LogP contribution in [-0.2, 0) is 0 Å². The molecule has 0 spiro atoms. The maximum atomic E-state index is 14.0. The van der Waals surface area contributed by atoms with Crippen LogP contribution in [0.25, 0.3) is 16.0 Å². The molecule has 0 bridgehead atoms. The first-order chi connectivity index (χ1) is 14.9. The number of halogens is 2. The van der Waals surface area contributed by atoms with Crippen molar-refractivity contribution < 1.29 is 4.39 Å². The van der Waals surface area contributed by atoms with Crippen molar-refractivity contribution in [2.45, 2.75) is 19.4 Å². The maximum absolute atomic E-state index is 14.0. The highest BCUT2D eigenvalue weighted by Gasteiger charge is 2.22. The molecule has 0 fully saturated rings. The minimum atomic E-state index is -0.475. The third-order valence-corrected chi connectivity index (χ3v) is 5.21. The number of anilines is 2. The van der Waals surface area contributed by atoms with Crippen LogP contribution in [0.1, 0.15) is 25.1 Å². The third-order valence-electron chi connectivity index (χ3n) is 4.91. The lowest BCUT2D eigenvalue weighted by molar-refractivity contribution is 0.623. The highest BCUT2D eigenvalue weighted by molar-refractivity contribution is 6.33. The topological polar surface area (TPSA) is 94.6 Å². The highest BCUT2D eigenvalue weighted by Crippen LogP contribution is 2.32. The Bertz CT molecular complexity index is 1390. The second-order valence-electron chi connectivity index (χ2n) is 6.77. The minimum Gasteiger partial charge on any atom is -0.392 e. The Labute approximate surface area is 181 Å². The van der Waals surface area contributed by atoms with E-state index in [0.29, 0.717) is 22.8 Å². The number of hydrogen-bond donors (Lipinski definition) is 2. The monoisotopic (exact) mass is 437 g/mol. The first kappa shape index (κ1) is 20.4. The van der Waals surface area contributed by atoms with Gasteiger partial charge in [-0.05, 0) is 30.7 Å². The Balaban J connectivity index is 1.95. The van der Waals surface area contributed by atoms with Crippen molar-refractivity contribution in [3.05, 3.63) is 87.4 Å². The molecule has 0 aliphatic carbocycles. The lowest BCUT2D eigenvalue weighted by atomic mass is 10.1. The van der Waals surface area contributed by atoms with E-state index in [4.69, 9.17) is 23.9 Å². The number of nitrogens with zero attached hydrogens (tertiary/aromatic N) is 5. The summed E-state index contributed by atoms with van der Waals surface area (Å²) < 4.78 is 17.0. The lowest BCUT2D eigenvalue weighted by Gasteiger charge is -2.23. The molecule has 3 N–H and O–H groups in total. The van der Waals surface area contributed by atoms with Gasteiger partial charge in [-0.15, -0.1) is 0 Å². The summed E-state index contributed by atoms with van der Waals surface area (Å²) in [6.45, 7) is 9.30. The molecule has 1 aromatic carbocycles. The molecule has 4 aromatic rings. The minimum absolute atomic E-state index is 0.0533. The van der Waals surface area contributed by atoms with Crippen molar-refractivity contribution >= 4 is 34.4 Å². The number of rotatable bonds is 5. The molecule has 156 valence electrons. The van der Waals surface area contributed by atoms with E-state index < -0.39 is 17.4 Å². The third kappa shape index (κ3) is 3.58. The molecule has 3 heterocycles. The van der Waals surface area contributed by atoms with Crippen molar-refractivity contribution in [2.24, 2.45) is 0 Å². The Kier molecular flexibility index (Phi) is 5.31. The van der Waals surface area contributed by atoms with E-state index in [9.17, 15) is 9.18 Å². The van der Waals surface area contributed by atoms with E-state index in [1.165, 1.54) is 29.1 Å². The smallest absolute Gasteiger partial charge is 0.281 e. The van der Waals surface area contributed by atoms with Crippen LogP contribution in [0.4, 0.5) is 21.7 Å². The standard InChI is InChI=1S/C21H17ClFN7O/c1-3-15(28-20-17(25-2)19(24)26-11-27-20)16-10-29-8-7-14(22)18(29)21(31)30(16)13-6-4-5-12(23)9-13/h4-11,15H,3H2,1H3,(H3,24,26,27,28). The van der Waals surface area contributed by atoms with Gasteiger partial charge in [0.05, 0.1) is 29.0 Å². The fourth-order valence-corrected chi connectivity index (χ4v) is 3.69. The van der Waals surface area contributed by atoms with Crippen LogP contribution in [0.3, 0.4) is 0 Å². The maximum Gasteiger partial charge on any atom is 0.281 e. The molecule has 1 atom stereocenters. The number of nitrogens with two attached hydrogens (primary N) is 1. The first-order valence-electron chi connectivity index (χ1n) is 9.37. The van der Waals surface area contributed by atoms with Gasteiger partial charge in [0.1, 0.15) is 29.3 Å². The van der Waals surface area contributed by atoms with E-state index >= 15 is 0 Å². The first-order valence-corrected chi connectivity index (χ1v) is 9.75. The van der Waals surface area contributed by atoms with Crippen LogP contribution < -0.4 is 16.6 Å². The molecular weight excluding hydrogens is 421 g/mol. The van der Waals surface area contributed by atoms with Crippen LogP contribution in [0.5, 0.6) is 0 Å². The van der Waals surface area contributed by atoms with E-state index in [1.807, 2.05) is 6.92 Å². The average Bonchev–Trinajstić information content (AvgIpc) is 3.13. The van der Waals surface area contributed by atoms with Crippen LogP contribution in [-0.4, -0.2) is 18.9 Å². The molecule has 0 saturated heterocycles. The van der Waals surface area contributed by atoms with Crippen LogP contribution in [0.2, 0.25) is 5.02 Å². The number of nitrogen functional groups attached to an aromatic ring is 1. The summed E-state index contributed by atoms with van der Waals surface area (Å²) in [5, 5.41) is 3.48. The number of nitrogens with one attached hydrogen (secondary N) is 1. The van der Waals surface area contributed by atoms with E-state index in [-0.39, 0.29) is 22.8 Å². The molecular formula is C21H17ClFN7O. The molecule has 4 rings (SSSR count). The molecule has 3 aromatic heterocycles. The molecule has 0 amide bonds. The van der Waals surface area contributed by atoms with Gasteiger partial charge in [-0.25, -0.2) is 19.2 Å². The molecule has 1 unspecified atom stereocenters. The molecule has 0 aliphatic heterocycles. The molecule has 10 heteroatoms. The van der Waals surface area contributed by atoms with Gasteiger partial charge < -0.3 is 15.5 Å². The van der Waals surface area contributed by atoms with Gasteiger partial charge in [0.25, 0.3) is 11.2 Å². The number of aromatic nitrogens is 4. The normalized spacial score (nSPS) is 11.9. The zero-order chi connectivity index (χ0) is 22.1. The van der Waals surface area contributed by atoms with Gasteiger partial charge >= 0.3 is 0 Å². The Morgan fingerprint density at radius 3 is 2.87 bits per heavy atom. The average molecular weight is 438 g/mol. The number of fused-ring (bicyclic) bond motifs is 1. The summed E-state index contributed by atoms with van der Waals surface area (Å²) in [4.78, 5) is 24.8.